The van der Waals surface area contributed by atoms with Crippen molar-refractivity contribution >= 4 is 5.78 Å². The van der Waals surface area contributed by atoms with E-state index in [1.165, 1.54) is 6.42 Å². The molecular weight excluding hydrogens is 184 g/mol. The molecule has 0 radical (unpaired) electrons. The van der Waals surface area contributed by atoms with Crippen LogP contribution in [0.2, 0.25) is 0 Å². The van der Waals surface area contributed by atoms with Crippen molar-refractivity contribution in [3.05, 3.63) is 37.0 Å². The molecule has 0 saturated heterocycles. The Morgan fingerprint density at radius 2 is 1.73 bits per heavy atom. The Bertz CT molecular complexity index is 223. The van der Waals surface area contributed by atoms with Gasteiger partial charge < -0.3 is 0 Å². The molecule has 0 aliphatic heterocycles. The molecule has 0 unspecified atom stereocenters. The Balaban J connectivity index is 3.33. The van der Waals surface area contributed by atoms with Gasteiger partial charge in [0.05, 0.1) is 0 Å². The predicted molar refractivity (Wildman–Crippen MR) is 66.9 cm³/mol. The summed E-state index contributed by atoms with van der Waals surface area (Å²) < 4.78 is 0. The van der Waals surface area contributed by atoms with Gasteiger partial charge >= 0.3 is 0 Å². The number of hydrogen-bond donors (Lipinski definition) is 0. The summed E-state index contributed by atoms with van der Waals surface area (Å²) in [4.78, 5) is 10.9. The van der Waals surface area contributed by atoms with Crippen LogP contribution in [0, 0.1) is 0 Å². The van der Waals surface area contributed by atoms with E-state index in [-0.39, 0.29) is 5.78 Å². The fourth-order valence-corrected chi connectivity index (χ4v) is 1.14. The second-order valence-electron chi connectivity index (χ2n) is 3.49. The van der Waals surface area contributed by atoms with Crippen LogP contribution >= 0.6 is 0 Å². The van der Waals surface area contributed by atoms with Crippen LogP contribution in [0.5, 0.6) is 0 Å². The van der Waals surface area contributed by atoms with Gasteiger partial charge in [0.2, 0.25) is 0 Å². The molecular formula is C14H22O. The Morgan fingerprint density at radius 1 is 1.07 bits per heavy atom. The number of allylic oxidation sites excluding steroid dienone is 5. The number of carbonyl (C=O) groups is 1. The highest BCUT2D eigenvalue weighted by Crippen LogP contribution is 2.00. The van der Waals surface area contributed by atoms with Crippen molar-refractivity contribution < 1.29 is 4.79 Å². The van der Waals surface area contributed by atoms with Gasteiger partial charge in [0, 0.05) is 6.42 Å². The molecule has 0 aromatic carbocycles. The van der Waals surface area contributed by atoms with Gasteiger partial charge in [0.15, 0.2) is 5.78 Å². The van der Waals surface area contributed by atoms with E-state index in [1.807, 2.05) is 19.1 Å². The van der Waals surface area contributed by atoms with Crippen molar-refractivity contribution in [3.8, 4) is 0 Å². The Morgan fingerprint density at radius 3 is 2.40 bits per heavy atom. The van der Waals surface area contributed by atoms with Crippen LogP contribution in [-0.4, -0.2) is 5.78 Å². The highest BCUT2D eigenvalue weighted by Gasteiger charge is 1.87. The summed E-state index contributed by atoms with van der Waals surface area (Å²) in [5, 5.41) is 0. The smallest absolute Gasteiger partial charge is 0.155 e. The van der Waals surface area contributed by atoms with Crippen molar-refractivity contribution in [1.29, 1.82) is 0 Å². The molecule has 0 N–H and O–H groups in total. The number of hydrogen-bond acceptors (Lipinski definition) is 1. The fourth-order valence-electron chi connectivity index (χ4n) is 1.14. The van der Waals surface area contributed by atoms with E-state index in [4.69, 9.17) is 0 Å². The van der Waals surface area contributed by atoms with Gasteiger partial charge in [-0.15, -0.1) is 6.58 Å². The summed E-state index contributed by atoms with van der Waals surface area (Å²) in [7, 11) is 0. The van der Waals surface area contributed by atoms with Crippen molar-refractivity contribution in [2.24, 2.45) is 0 Å². The lowest BCUT2D eigenvalue weighted by Gasteiger charge is -1.90. The minimum atomic E-state index is 0.213. The molecule has 15 heavy (non-hydrogen) atoms. The maximum atomic E-state index is 10.9. The van der Waals surface area contributed by atoms with Crippen molar-refractivity contribution in [1.82, 2.24) is 0 Å². The summed E-state index contributed by atoms with van der Waals surface area (Å²) in [5.41, 5.74) is 0. The molecule has 0 bridgehead atoms. The number of carbonyl (C=O) groups excluding carboxylic acids is 1. The highest BCUT2D eigenvalue weighted by atomic mass is 16.1. The first-order chi connectivity index (χ1) is 7.31. The molecule has 0 aliphatic carbocycles. The third kappa shape index (κ3) is 10.8. The average molecular weight is 206 g/mol. The van der Waals surface area contributed by atoms with E-state index in [2.05, 4.69) is 18.7 Å². The second-order valence-corrected chi connectivity index (χ2v) is 3.49. The van der Waals surface area contributed by atoms with Crippen molar-refractivity contribution in [2.75, 3.05) is 0 Å². The van der Waals surface area contributed by atoms with Gasteiger partial charge in [0.1, 0.15) is 0 Å². The first-order valence-electron chi connectivity index (χ1n) is 5.76. The molecule has 0 rings (SSSR count). The van der Waals surface area contributed by atoms with E-state index in [0.29, 0.717) is 6.42 Å². The molecule has 0 aliphatic rings. The van der Waals surface area contributed by atoms with Crippen LogP contribution in [0.15, 0.2) is 37.0 Å². The van der Waals surface area contributed by atoms with E-state index < -0.39 is 0 Å². The molecule has 0 aromatic heterocycles. The SMILES string of the molecule is C=CCCCC=CCCC=CC(=O)CC. The number of rotatable bonds is 9. The zero-order valence-corrected chi connectivity index (χ0v) is 9.74. The van der Waals surface area contributed by atoms with E-state index in [1.54, 1.807) is 6.08 Å². The quantitative estimate of drug-likeness (QED) is 0.314. The summed E-state index contributed by atoms with van der Waals surface area (Å²) in [5.74, 6) is 0.213. The third-order valence-corrected chi connectivity index (χ3v) is 2.10. The van der Waals surface area contributed by atoms with Crippen molar-refractivity contribution in [3.63, 3.8) is 0 Å². The molecule has 84 valence electrons. The largest absolute Gasteiger partial charge is 0.295 e. The molecule has 1 nitrogen and oxygen atoms in total. The lowest BCUT2D eigenvalue weighted by atomic mass is 10.2. The molecule has 1 heteroatoms. The van der Waals surface area contributed by atoms with Gasteiger partial charge in [-0.3, -0.25) is 4.79 Å². The lowest BCUT2D eigenvalue weighted by molar-refractivity contribution is -0.114. The third-order valence-electron chi connectivity index (χ3n) is 2.10. The molecule has 0 atom stereocenters. The zero-order chi connectivity index (χ0) is 11.4. The van der Waals surface area contributed by atoms with E-state index in [9.17, 15) is 4.79 Å². The molecule has 0 amide bonds. The summed E-state index contributed by atoms with van der Waals surface area (Å²) in [6, 6.07) is 0. The van der Waals surface area contributed by atoms with Crippen LogP contribution < -0.4 is 0 Å². The highest BCUT2D eigenvalue weighted by molar-refractivity contribution is 5.89. The molecule has 0 aromatic rings. The second kappa shape index (κ2) is 11.0. The standard InChI is InChI=1S/C14H22O/c1-3-5-6-7-8-9-10-11-12-13-14(15)4-2/h3,8-9,12-13H,1,4-7,10-11H2,2H3. The van der Waals surface area contributed by atoms with Gasteiger partial charge in [-0.1, -0.05) is 31.2 Å². The zero-order valence-electron chi connectivity index (χ0n) is 9.74. The van der Waals surface area contributed by atoms with Gasteiger partial charge in [-0.05, 0) is 38.2 Å². The number of ketones is 1. The number of unbranched alkanes of at least 4 members (excludes halogenated alkanes) is 3. The monoisotopic (exact) mass is 206 g/mol. The van der Waals surface area contributed by atoms with Crippen molar-refractivity contribution in [2.45, 2.75) is 45.4 Å². The van der Waals surface area contributed by atoms with Gasteiger partial charge in [-0.25, -0.2) is 0 Å². The average Bonchev–Trinajstić information content (AvgIpc) is 2.26. The molecule has 0 heterocycles. The topological polar surface area (TPSA) is 17.1 Å². The van der Waals surface area contributed by atoms with Crippen LogP contribution in [-0.2, 0) is 4.79 Å². The lowest BCUT2D eigenvalue weighted by Crippen LogP contribution is -1.86. The summed E-state index contributed by atoms with van der Waals surface area (Å²) >= 11 is 0. The Labute approximate surface area is 93.6 Å². The normalized spacial score (nSPS) is 11.3. The van der Waals surface area contributed by atoms with E-state index in [0.717, 1.165) is 25.7 Å². The maximum Gasteiger partial charge on any atom is 0.155 e. The predicted octanol–water partition coefficient (Wildman–Crippen LogP) is 4.21. The summed E-state index contributed by atoms with van der Waals surface area (Å²) in [6.45, 7) is 5.56. The minimum Gasteiger partial charge on any atom is -0.295 e. The molecule has 0 fully saturated rings. The first-order valence-corrected chi connectivity index (χ1v) is 5.76. The van der Waals surface area contributed by atoms with Crippen LogP contribution in [0.25, 0.3) is 0 Å². The Hall–Kier alpha value is -1.11. The minimum absolute atomic E-state index is 0.213. The molecule has 0 spiro atoms. The van der Waals surface area contributed by atoms with Gasteiger partial charge in [0.25, 0.3) is 0 Å². The molecule has 0 saturated carbocycles. The maximum absolute atomic E-state index is 10.9. The summed E-state index contributed by atoms with van der Waals surface area (Å²) in [6.07, 6.45) is 16.0. The van der Waals surface area contributed by atoms with E-state index >= 15 is 0 Å². The Kier molecular flexibility index (Phi) is 10.2. The van der Waals surface area contributed by atoms with Crippen LogP contribution in [0.3, 0.4) is 0 Å². The van der Waals surface area contributed by atoms with Gasteiger partial charge in [-0.2, -0.15) is 0 Å². The van der Waals surface area contributed by atoms with Crippen LogP contribution in [0.4, 0.5) is 0 Å². The van der Waals surface area contributed by atoms with Crippen LogP contribution in [0.1, 0.15) is 45.4 Å². The first kappa shape index (κ1) is 13.9. The fraction of sp³-hybridized carbons (Fsp3) is 0.500.